The summed E-state index contributed by atoms with van der Waals surface area (Å²) in [6.45, 7) is 1.47. The second-order valence-corrected chi connectivity index (χ2v) is 11.8. The molecule has 1 aromatic carbocycles. The number of ether oxygens (including phenoxy) is 2. The third-order valence-corrected chi connectivity index (χ3v) is 10.1. The summed E-state index contributed by atoms with van der Waals surface area (Å²) in [5.41, 5.74) is 3.41. The molecule has 1 aromatic heterocycles. The van der Waals surface area contributed by atoms with Crippen molar-refractivity contribution >= 4 is 27.1 Å². The number of hydroxylamine groups is 1. The van der Waals surface area contributed by atoms with Crippen LogP contribution in [0.2, 0.25) is 0 Å². The summed E-state index contributed by atoms with van der Waals surface area (Å²) in [5, 5.41) is 3.16. The van der Waals surface area contributed by atoms with Crippen molar-refractivity contribution in [2.45, 2.75) is 43.1 Å². The number of nitrogens with one attached hydrogen (secondary N) is 2. The fourth-order valence-electron chi connectivity index (χ4n) is 4.26. The number of benzene rings is 1. The lowest BCUT2D eigenvalue weighted by molar-refractivity contribution is -0.200. The molecule has 10 heteroatoms. The maximum atomic E-state index is 13.5. The van der Waals surface area contributed by atoms with Crippen LogP contribution in [0.3, 0.4) is 0 Å². The van der Waals surface area contributed by atoms with Crippen LogP contribution < -0.4 is 15.5 Å². The first kappa shape index (κ1) is 24.2. The molecular formula is C23H30N2O6S2. The zero-order valence-electron chi connectivity index (χ0n) is 18.7. The fourth-order valence-corrected chi connectivity index (χ4v) is 7.83. The zero-order valence-corrected chi connectivity index (χ0v) is 20.3. The molecule has 0 aliphatic carbocycles. The summed E-state index contributed by atoms with van der Waals surface area (Å²) in [6, 6.07) is 11.4. The summed E-state index contributed by atoms with van der Waals surface area (Å²) in [5.74, 6) is 0.264. The Morgan fingerprint density at radius 2 is 2.03 bits per heavy atom. The van der Waals surface area contributed by atoms with Gasteiger partial charge in [-0.2, -0.15) is 0 Å². The lowest BCUT2D eigenvalue weighted by Gasteiger charge is -2.31. The standard InChI is InChI=1S/C23H30N2O6S2/c1-29-18-7-5-17(6-8-18)19-9-10-20(32-19)23(11-12-24-13-15-33(23,27)28)16-21(26)25-31-22-4-2-3-14-30-22/h5-10,22,24H,2-4,11-16H2,1H3,(H,25,26). The van der Waals surface area contributed by atoms with E-state index in [-0.39, 0.29) is 12.2 Å². The van der Waals surface area contributed by atoms with Crippen LogP contribution in [0.1, 0.15) is 37.0 Å². The topological polar surface area (TPSA) is 103 Å². The minimum absolute atomic E-state index is 0.0252. The molecule has 0 spiro atoms. The van der Waals surface area contributed by atoms with E-state index in [0.717, 1.165) is 29.0 Å². The molecule has 2 aliphatic heterocycles. The van der Waals surface area contributed by atoms with E-state index in [1.807, 2.05) is 36.4 Å². The van der Waals surface area contributed by atoms with Crippen LogP contribution in [0.25, 0.3) is 10.4 Å². The Morgan fingerprint density at radius 3 is 2.76 bits per heavy atom. The average Bonchev–Trinajstić information content (AvgIpc) is 3.27. The maximum Gasteiger partial charge on any atom is 0.245 e. The largest absolute Gasteiger partial charge is 0.497 e. The van der Waals surface area contributed by atoms with Crippen LogP contribution in [0, 0.1) is 0 Å². The van der Waals surface area contributed by atoms with E-state index in [9.17, 15) is 13.2 Å². The Labute approximate surface area is 198 Å². The predicted octanol–water partition coefficient (Wildman–Crippen LogP) is 2.99. The molecule has 2 N–H and O–H groups in total. The zero-order chi connectivity index (χ0) is 23.3. The van der Waals surface area contributed by atoms with Gasteiger partial charge in [0.2, 0.25) is 5.91 Å². The molecule has 3 heterocycles. The van der Waals surface area contributed by atoms with Gasteiger partial charge >= 0.3 is 0 Å². The second kappa shape index (κ2) is 10.5. The lowest BCUT2D eigenvalue weighted by Crippen LogP contribution is -2.43. The Kier molecular flexibility index (Phi) is 7.70. The molecule has 8 nitrogen and oxygen atoms in total. The van der Waals surface area contributed by atoms with E-state index < -0.39 is 26.8 Å². The van der Waals surface area contributed by atoms with Gasteiger partial charge in [0, 0.05) is 29.3 Å². The smallest absolute Gasteiger partial charge is 0.245 e. The molecule has 2 fully saturated rings. The molecule has 2 atom stereocenters. The van der Waals surface area contributed by atoms with Crippen molar-refractivity contribution in [3.8, 4) is 16.2 Å². The van der Waals surface area contributed by atoms with Crippen molar-refractivity contribution in [3.05, 3.63) is 41.3 Å². The number of rotatable bonds is 7. The van der Waals surface area contributed by atoms with Crippen molar-refractivity contribution in [1.82, 2.24) is 10.8 Å². The number of carbonyl (C=O) groups excluding carboxylic acids is 1. The van der Waals surface area contributed by atoms with E-state index in [1.54, 1.807) is 7.11 Å². The molecule has 2 aliphatic rings. The molecule has 4 rings (SSSR count). The van der Waals surface area contributed by atoms with Crippen molar-refractivity contribution in [2.24, 2.45) is 0 Å². The summed E-state index contributed by atoms with van der Waals surface area (Å²) in [7, 11) is -2.00. The molecule has 180 valence electrons. The third-order valence-electron chi connectivity index (χ3n) is 6.17. The van der Waals surface area contributed by atoms with Crippen molar-refractivity contribution in [2.75, 3.05) is 32.6 Å². The van der Waals surface area contributed by atoms with Gasteiger partial charge in [-0.25, -0.2) is 18.7 Å². The van der Waals surface area contributed by atoms with Crippen LogP contribution in [0.15, 0.2) is 36.4 Å². The highest BCUT2D eigenvalue weighted by Gasteiger charge is 2.48. The Bertz CT molecular complexity index is 1050. The normalized spacial score (nSPS) is 25.2. The van der Waals surface area contributed by atoms with Gasteiger partial charge < -0.3 is 14.8 Å². The van der Waals surface area contributed by atoms with Gasteiger partial charge in [0.25, 0.3) is 0 Å². The molecular weight excluding hydrogens is 464 g/mol. The average molecular weight is 495 g/mol. The van der Waals surface area contributed by atoms with Gasteiger partial charge in [0.15, 0.2) is 16.1 Å². The number of sulfone groups is 1. The summed E-state index contributed by atoms with van der Waals surface area (Å²) in [6.07, 6.45) is 2.25. The molecule has 2 unspecified atom stereocenters. The van der Waals surface area contributed by atoms with E-state index in [1.165, 1.54) is 11.3 Å². The van der Waals surface area contributed by atoms with E-state index in [0.29, 0.717) is 37.4 Å². The van der Waals surface area contributed by atoms with E-state index in [4.69, 9.17) is 14.3 Å². The molecule has 2 aromatic rings. The summed E-state index contributed by atoms with van der Waals surface area (Å²) < 4.78 is 36.4. The predicted molar refractivity (Wildman–Crippen MR) is 127 cm³/mol. The Morgan fingerprint density at radius 1 is 1.21 bits per heavy atom. The number of carbonyl (C=O) groups is 1. The maximum absolute atomic E-state index is 13.5. The number of hydrogen-bond acceptors (Lipinski definition) is 8. The van der Waals surface area contributed by atoms with Crippen LogP contribution in [-0.4, -0.2) is 53.2 Å². The highest BCUT2D eigenvalue weighted by Crippen LogP contribution is 2.44. The first-order chi connectivity index (χ1) is 15.9. The number of thiophene rings is 1. The summed E-state index contributed by atoms with van der Waals surface area (Å²) in [4.78, 5) is 19.9. The minimum atomic E-state index is -3.61. The SMILES string of the molecule is COc1ccc(-c2ccc(C3(CC(=O)NOC4CCCCO4)CCNCCS3(=O)=O)s2)cc1. The van der Waals surface area contributed by atoms with Gasteiger partial charge in [-0.3, -0.25) is 4.79 Å². The van der Waals surface area contributed by atoms with Gasteiger partial charge in [0.1, 0.15) is 10.5 Å². The molecule has 0 saturated carbocycles. The van der Waals surface area contributed by atoms with Crippen molar-refractivity contribution in [3.63, 3.8) is 0 Å². The van der Waals surface area contributed by atoms with Gasteiger partial charge in [-0.15, -0.1) is 11.3 Å². The number of hydrogen-bond donors (Lipinski definition) is 2. The van der Waals surface area contributed by atoms with Crippen molar-refractivity contribution < 1.29 is 27.5 Å². The highest BCUT2D eigenvalue weighted by atomic mass is 32.2. The second-order valence-electron chi connectivity index (χ2n) is 8.32. The summed E-state index contributed by atoms with van der Waals surface area (Å²) >= 11 is 1.41. The minimum Gasteiger partial charge on any atom is -0.497 e. The first-order valence-corrected chi connectivity index (χ1v) is 13.6. The molecule has 2 saturated heterocycles. The monoisotopic (exact) mass is 494 g/mol. The van der Waals surface area contributed by atoms with E-state index >= 15 is 0 Å². The third kappa shape index (κ3) is 5.41. The van der Waals surface area contributed by atoms with E-state index in [2.05, 4.69) is 10.8 Å². The lowest BCUT2D eigenvalue weighted by atomic mass is 9.97. The van der Waals surface area contributed by atoms with Crippen LogP contribution in [0.5, 0.6) is 5.75 Å². The van der Waals surface area contributed by atoms with Crippen molar-refractivity contribution in [1.29, 1.82) is 0 Å². The Hall–Kier alpha value is -1.98. The number of methoxy groups -OCH3 is 1. The van der Waals surface area contributed by atoms with Gasteiger partial charge in [-0.05, 0) is 67.8 Å². The first-order valence-electron chi connectivity index (χ1n) is 11.2. The van der Waals surface area contributed by atoms with Gasteiger partial charge in [0.05, 0.1) is 19.3 Å². The Balaban J connectivity index is 1.59. The number of amides is 1. The van der Waals surface area contributed by atoms with Crippen LogP contribution >= 0.6 is 11.3 Å². The van der Waals surface area contributed by atoms with Crippen LogP contribution in [-0.2, 0) is 29.0 Å². The quantitative estimate of drug-likeness (QED) is 0.571. The highest BCUT2D eigenvalue weighted by molar-refractivity contribution is 7.92. The van der Waals surface area contributed by atoms with Gasteiger partial charge in [-0.1, -0.05) is 0 Å². The fraction of sp³-hybridized carbons (Fsp3) is 0.522. The molecule has 0 bridgehead atoms. The molecule has 1 amide bonds. The molecule has 0 radical (unpaired) electrons. The molecule has 33 heavy (non-hydrogen) atoms. The van der Waals surface area contributed by atoms with Crippen LogP contribution in [0.4, 0.5) is 0 Å².